The molecule has 2 aliphatic rings. The van der Waals surface area contributed by atoms with Gasteiger partial charge in [0.25, 0.3) is 0 Å². The van der Waals surface area contributed by atoms with Gasteiger partial charge in [-0.1, -0.05) is 19.3 Å². The van der Waals surface area contributed by atoms with Gasteiger partial charge in [-0.15, -0.1) is 0 Å². The highest BCUT2D eigenvalue weighted by Gasteiger charge is 2.21. The fourth-order valence-corrected chi connectivity index (χ4v) is 4.12. The summed E-state index contributed by atoms with van der Waals surface area (Å²) in [5.74, 6) is 1.62. The summed E-state index contributed by atoms with van der Waals surface area (Å²) in [6, 6.07) is 1.96. The third-order valence-electron chi connectivity index (χ3n) is 5.49. The summed E-state index contributed by atoms with van der Waals surface area (Å²) in [5.41, 5.74) is 1.20. The SMILES string of the molecule is c1cnn(C[C@@H]2CN(Cc3cnc(C4CCCCC4)nc3)CCCO2)c1. The van der Waals surface area contributed by atoms with Crippen LogP contribution in [-0.4, -0.2) is 50.4 Å². The first kappa shape index (κ1) is 17.6. The molecule has 0 amide bonds. The number of rotatable bonds is 5. The van der Waals surface area contributed by atoms with Crippen molar-refractivity contribution < 1.29 is 4.74 Å². The third kappa shape index (κ3) is 4.68. The molecule has 26 heavy (non-hydrogen) atoms. The Bertz CT molecular complexity index is 651. The average Bonchev–Trinajstić information content (AvgIpc) is 3.09. The molecule has 3 heterocycles. The predicted octanol–water partition coefficient (Wildman–Crippen LogP) is 3.01. The molecule has 140 valence electrons. The zero-order valence-electron chi connectivity index (χ0n) is 15.5. The summed E-state index contributed by atoms with van der Waals surface area (Å²) in [6.45, 7) is 4.49. The standard InChI is InChI=1S/C20H29N5O/c1-2-6-18(7-3-1)20-21-12-17(13-22-20)14-24-9-5-11-26-19(15-24)16-25-10-4-8-23-25/h4,8,10,12-13,18-19H,1-3,5-7,9,11,14-16H2/t19-/m0/s1. The third-order valence-corrected chi connectivity index (χ3v) is 5.49. The maximum Gasteiger partial charge on any atom is 0.131 e. The van der Waals surface area contributed by atoms with E-state index in [2.05, 4.69) is 20.0 Å². The molecule has 2 aromatic rings. The van der Waals surface area contributed by atoms with E-state index in [1.54, 1.807) is 0 Å². The maximum absolute atomic E-state index is 6.01. The minimum atomic E-state index is 0.180. The summed E-state index contributed by atoms with van der Waals surface area (Å²) in [5, 5.41) is 4.30. The van der Waals surface area contributed by atoms with Crippen molar-refractivity contribution in [1.29, 1.82) is 0 Å². The van der Waals surface area contributed by atoms with E-state index in [1.165, 1.54) is 37.7 Å². The molecule has 1 atom stereocenters. The first-order valence-corrected chi connectivity index (χ1v) is 9.99. The quantitative estimate of drug-likeness (QED) is 0.825. The maximum atomic E-state index is 6.01. The lowest BCUT2D eigenvalue weighted by atomic mass is 9.89. The summed E-state index contributed by atoms with van der Waals surface area (Å²) >= 11 is 0. The van der Waals surface area contributed by atoms with E-state index in [9.17, 15) is 0 Å². The largest absolute Gasteiger partial charge is 0.375 e. The van der Waals surface area contributed by atoms with Crippen LogP contribution in [0.15, 0.2) is 30.9 Å². The van der Waals surface area contributed by atoms with Crippen LogP contribution >= 0.6 is 0 Å². The van der Waals surface area contributed by atoms with Gasteiger partial charge < -0.3 is 4.74 Å². The molecular weight excluding hydrogens is 326 g/mol. The van der Waals surface area contributed by atoms with Crippen molar-refractivity contribution in [3.05, 3.63) is 42.2 Å². The van der Waals surface area contributed by atoms with Gasteiger partial charge >= 0.3 is 0 Å². The second-order valence-corrected chi connectivity index (χ2v) is 7.59. The van der Waals surface area contributed by atoms with Gasteiger partial charge in [-0.05, 0) is 25.3 Å². The number of ether oxygens (including phenoxy) is 1. The van der Waals surface area contributed by atoms with Crippen molar-refractivity contribution in [1.82, 2.24) is 24.6 Å². The molecule has 6 nitrogen and oxygen atoms in total. The Morgan fingerprint density at radius 3 is 2.69 bits per heavy atom. The molecule has 0 N–H and O–H groups in total. The van der Waals surface area contributed by atoms with Crippen LogP contribution in [0.4, 0.5) is 0 Å². The number of hydrogen-bond donors (Lipinski definition) is 0. The average molecular weight is 355 g/mol. The minimum Gasteiger partial charge on any atom is -0.375 e. The Labute approximate surface area is 155 Å². The van der Waals surface area contributed by atoms with Crippen molar-refractivity contribution in [2.75, 3.05) is 19.7 Å². The van der Waals surface area contributed by atoms with Crippen LogP contribution in [0.2, 0.25) is 0 Å². The zero-order chi connectivity index (χ0) is 17.6. The van der Waals surface area contributed by atoms with Crippen LogP contribution in [0, 0.1) is 0 Å². The Kier molecular flexibility index (Phi) is 5.92. The van der Waals surface area contributed by atoms with Gasteiger partial charge in [0.1, 0.15) is 5.82 Å². The van der Waals surface area contributed by atoms with Crippen LogP contribution < -0.4 is 0 Å². The highest BCUT2D eigenvalue weighted by Crippen LogP contribution is 2.30. The Morgan fingerprint density at radius 1 is 1.08 bits per heavy atom. The van der Waals surface area contributed by atoms with E-state index in [0.29, 0.717) is 5.92 Å². The van der Waals surface area contributed by atoms with E-state index in [-0.39, 0.29) is 6.10 Å². The molecule has 2 fully saturated rings. The molecule has 1 saturated heterocycles. The summed E-state index contributed by atoms with van der Waals surface area (Å²) in [6.07, 6.45) is 15.6. The van der Waals surface area contributed by atoms with Crippen LogP contribution in [0.5, 0.6) is 0 Å². The molecule has 1 aliphatic carbocycles. The van der Waals surface area contributed by atoms with Gasteiger partial charge in [-0.3, -0.25) is 9.58 Å². The highest BCUT2D eigenvalue weighted by molar-refractivity contribution is 5.08. The van der Waals surface area contributed by atoms with Crippen LogP contribution in [0.3, 0.4) is 0 Å². The van der Waals surface area contributed by atoms with E-state index >= 15 is 0 Å². The normalized spacial score (nSPS) is 23.0. The summed E-state index contributed by atoms with van der Waals surface area (Å²) < 4.78 is 7.96. The van der Waals surface area contributed by atoms with Gasteiger partial charge in [-0.25, -0.2) is 9.97 Å². The Hall–Kier alpha value is -1.79. The van der Waals surface area contributed by atoms with Crippen LogP contribution in [-0.2, 0) is 17.8 Å². The fourth-order valence-electron chi connectivity index (χ4n) is 4.12. The van der Waals surface area contributed by atoms with Gasteiger partial charge in [0, 0.05) is 62.5 Å². The Balaban J connectivity index is 1.34. The minimum absolute atomic E-state index is 0.180. The monoisotopic (exact) mass is 355 g/mol. The number of aromatic nitrogens is 4. The molecular formula is C20H29N5O. The number of nitrogens with zero attached hydrogens (tertiary/aromatic N) is 5. The molecule has 1 saturated carbocycles. The smallest absolute Gasteiger partial charge is 0.131 e. The molecule has 0 spiro atoms. The van der Waals surface area contributed by atoms with Crippen LogP contribution in [0.1, 0.15) is 55.8 Å². The lowest BCUT2D eigenvalue weighted by Gasteiger charge is -2.24. The van der Waals surface area contributed by atoms with Crippen molar-refractivity contribution in [3.63, 3.8) is 0 Å². The predicted molar refractivity (Wildman–Crippen MR) is 99.7 cm³/mol. The first-order valence-electron chi connectivity index (χ1n) is 9.99. The van der Waals surface area contributed by atoms with Gasteiger partial charge in [-0.2, -0.15) is 5.10 Å². The molecule has 2 aromatic heterocycles. The molecule has 6 heteroatoms. The topological polar surface area (TPSA) is 56.1 Å². The zero-order valence-corrected chi connectivity index (χ0v) is 15.5. The van der Waals surface area contributed by atoms with E-state index in [0.717, 1.165) is 45.0 Å². The van der Waals surface area contributed by atoms with Gasteiger partial charge in [0.05, 0.1) is 12.6 Å². The van der Waals surface area contributed by atoms with Gasteiger partial charge in [0.2, 0.25) is 0 Å². The molecule has 0 unspecified atom stereocenters. The number of hydrogen-bond acceptors (Lipinski definition) is 5. The summed E-state index contributed by atoms with van der Waals surface area (Å²) in [7, 11) is 0. The van der Waals surface area contributed by atoms with E-state index in [1.807, 2.05) is 35.5 Å². The lowest BCUT2D eigenvalue weighted by Crippen LogP contribution is -2.34. The molecule has 1 aliphatic heterocycles. The highest BCUT2D eigenvalue weighted by atomic mass is 16.5. The van der Waals surface area contributed by atoms with Crippen molar-refractivity contribution in [2.24, 2.45) is 0 Å². The lowest BCUT2D eigenvalue weighted by molar-refractivity contribution is 0.0391. The molecule has 0 radical (unpaired) electrons. The fraction of sp³-hybridized carbons (Fsp3) is 0.650. The van der Waals surface area contributed by atoms with Gasteiger partial charge in [0.15, 0.2) is 0 Å². The van der Waals surface area contributed by atoms with Crippen LogP contribution in [0.25, 0.3) is 0 Å². The van der Waals surface area contributed by atoms with Crippen molar-refractivity contribution in [3.8, 4) is 0 Å². The second-order valence-electron chi connectivity index (χ2n) is 7.59. The first-order chi connectivity index (χ1) is 12.9. The molecule has 4 rings (SSSR count). The van der Waals surface area contributed by atoms with E-state index in [4.69, 9.17) is 4.74 Å². The summed E-state index contributed by atoms with van der Waals surface area (Å²) in [4.78, 5) is 11.8. The molecule has 0 bridgehead atoms. The Morgan fingerprint density at radius 2 is 1.92 bits per heavy atom. The van der Waals surface area contributed by atoms with Crippen molar-refractivity contribution in [2.45, 2.75) is 63.6 Å². The second kappa shape index (κ2) is 8.73. The van der Waals surface area contributed by atoms with E-state index < -0.39 is 0 Å². The van der Waals surface area contributed by atoms with Crippen molar-refractivity contribution >= 4 is 0 Å². The molecule has 0 aromatic carbocycles.